The average Bonchev–Trinajstić information content (AvgIpc) is 2.77. The molecule has 1 aliphatic heterocycles. The molecule has 4 nitrogen and oxygen atoms in total. The molecule has 3 rings (SSSR count). The molecule has 0 amide bonds. The Morgan fingerprint density at radius 3 is 2.95 bits per heavy atom. The van der Waals surface area contributed by atoms with Gasteiger partial charge in [0.2, 0.25) is 0 Å². The molecular formula is C15H20FN3O. The van der Waals surface area contributed by atoms with Crippen molar-refractivity contribution in [1.82, 2.24) is 14.5 Å². The quantitative estimate of drug-likeness (QED) is 0.916. The van der Waals surface area contributed by atoms with Crippen LogP contribution in [0.25, 0.3) is 11.0 Å². The molecule has 1 aromatic heterocycles. The van der Waals surface area contributed by atoms with Crippen molar-refractivity contribution in [3.05, 3.63) is 34.5 Å². The van der Waals surface area contributed by atoms with E-state index in [-0.39, 0.29) is 17.5 Å². The Labute approximate surface area is 117 Å². The Morgan fingerprint density at radius 1 is 1.40 bits per heavy atom. The lowest BCUT2D eigenvalue weighted by molar-refractivity contribution is 0.143. The highest BCUT2D eigenvalue weighted by atomic mass is 19.1. The van der Waals surface area contributed by atoms with Crippen molar-refractivity contribution in [3.8, 4) is 0 Å². The molecule has 108 valence electrons. The van der Waals surface area contributed by atoms with Gasteiger partial charge in [-0.1, -0.05) is 6.07 Å². The topological polar surface area (TPSA) is 41.0 Å². The van der Waals surface area contributed by atoms with E-state index >= 15 is 0 Å². The molecule has 1 saturated heterocycles. The number of imidazole rings is 1. The minimum absolute atomic E-state index is 0.120. The van der Waals surface area contributed by atoms with Crippen LogP contribution in [-0.4, -0.2) is 33.6 Å². The summed E-state index contributed by atoms with van der Waals surface area (Å²) in [5.41, 5.74) is 0.783. The molecule has 1 fully saturated rings. The number of aromatic nitrogens is 2. The number of piperidine rings is 1. The number of aromatic amines is 1. The van der Waals surface area contributed by atoms with E-state index in [9.17, 15) is 9.18 Å². The summed E-state index contributed by atoms with van der Waals surface area (Å²) in [6, 6.07) is 5.43. The lowest BCUT2D eigenvalue weighted by Crippen LogP contribution is -2.42. The highest BCUT2D eigenvalue weighted by molar-refractivity contribution is 5.75. The van der Waals surface area contributed by atoms with Crippen molar-refractivity contribution in [2.45, 2.75) is 38.8 Å². The monoisotopic (exact) mass is 277 g/mol. The highest BCUT2D eigenvalue weighted by Gasteiger charge is 2.25. The van der Waals surface area contributed by atoms with Gasteiger partial charge in [0.05, 0.1) is 11.6 Å². The third-order valence-electron chi connectivity index (χ3n) is 4.23. The van der Waals surface area contributed by atoms with Gasteiger partial charge in [-0.2, -0.15) is 0 Å². The molecule has 0 bridgehead atoms. The van der Waals surface area contributed by atoms with E-state index in [0.29, 0.717) is 17.1 Å². The van der Waals surface area contributed by atoms with Crippen molar-refractivity contribution in [2.75, 3.05) is 13.1 Å². The van der Waals surface area contributed by atoms with Gasteiger partial charge >= 0.3 is 5.69 Å². The number of hydrogen-bond acceptors (Lipinski definition) is 2. The molecular weight excluding hydrogens is 257 g/mol. The van der Waals surface area contributed by atoms with Gasteiger partial charge in [0.25, 0.3) is 0 Å². The molecule has 1 unspecified atom stereocenters. The summed E-state index contributed by atoms with van der Waals surface area (Å²) in [7, 11) is 0. The van der Waals surface area contributed by atoms with Crippen molar-refractivity contribution in [2.24, 2.45) is 0 Å². The number of benzene rings is 1. The summed E-state index contributed by atoms with van der Waals surface area (Å²) < 4.78 is 15.5. The zero-order chi connectivity index (χ0) is 14.3. The Hall–Kier alpha value is -1.62. The normalized spacial score (nSPS) is 20.9. The van der Waals surface area contributed by atoms with Crippen LogP contribution in [0, 0.1) is 5.82 Å². The van der Waals surface area contributed by atoms with Crippen LogP contribution in [-0.2, 0) is 0 Å². The molecule has 2 aromatic rings. The number of nitrogens with zero attached hydrogens (tertiary/aromatic N) is 2. The Kier molecular flexibility index (Phi) is 3.38. The summed E-state index contributed by atoms with van der Waals surface area (Å²) in [5.74, 6) is -0.366. The summed E-state index contributed by atoms with van der Waals surface area (Å²) in [6.45, 7) is 6.25. The maximum Gasteiger partial charge on any atom is 0.326 e. The summed E-state index contributed by atoms with van der Waals surface area (Å²) in [4.78, 5) is 17.2. The maximum absolute atomic E-state index is 13.8. The summed E-state index contributed by atoms with van der Waals surface area (Å²) >= 11 is 0. The molecule has 5 heteroatoms. The molecule has 1 N–H and O–H groups in total. The average molecular weight is 277 g/mol. The van der Waals surface area contributed by atoms with Gasteiger partial charge in [0.1, 0.15) is 11.3 Å². The smallest absolute Gasteiger partial charge is 0.303 e. The van der Waals surface area contributed by atoms with E-state index < -0.39 is 0 Å². The molecule has 0 radical (unpaired) electrons. The van der Waals surface area contributed by atoms with Crippen LogP contribution < -0.4 is 5.69 Å². The number of para-hydroxylation sites is 1. The molecule has 0 aliphatic carbocycles. The van der Waals surface area contributed by atoms with Gasteiger partial charge in [-0.15, -0.1) is 0 Å². The lowest BCUT2D eigenvalue weighted by Gasteiger charge is -2.35. The van der Waals surface area contributed by atoms with Gasteiger partial charge in [0.15, 0.2) is 0 Å². The second kappa shape index (κ2) is 5.05. The Bertz CT molecular complexity index is 673. The zero-order valence-corrected chi connectivity index (χ0v) is 11.9. The first-order valence-electron chi connectivity index (χ1n) is 7.20. The fraction of sp³-hybridized carbons (Fsp3) is 0.533. The van der Waals surface area contributed by atoms with Crippen LogP contribution in [0.1, 0.15) is 32.7 Å². The van der Waals surface area contributed by atoms with Crippen molar-refractivity contribution in [3.63, 3.8) is 0 Å². The van der Waals surface area contributed by atoms with Gasteiger partial charge in [-0.05, 0) is 45.4 Å². The van der Waals surface area contributed by atoms with E-state index in [2.05, 4.69) is 23.7 Å². The number of hydrogen-bond donors (Lipinski definition) is 1. The number of H-pyrrole nitrogens is 1. The SMILES string of the molecule is CC(C)N1CCCC(n2c(=O)[nH]c3c(F)cccc32)C1. The molecule has 1 aromatic carbocycles. The summed E-state index contributed by atoms with van der Waals surface area (Å²) in [5, 5.41) is 0. The number of likely N-dealkylation sites (tertiary alicyclic amines) is 1. The second-order valence-corrected chi connectivity index (χ2v) is 5.82. The largest absolute Gasteiger partial charge is 0.326 e. The van der Waals surface area contributed by atoms with Gasteiger partial charge in [-0.25, -0.2) is 9.18 Å². The Balaban J connectivity index is 2.04. The zero-order valence-electron chi connectivity index (χ0n) is 11.9. The highest BCUT2D eigenvalue weighted by Crippen LogP contribution is 2.25. The first-order valence-corrected chi connectivity index (χ1v) is 7.20. The van der Waals surface area contributed by atoms with Crippen LogP contribution in [0.2, 0.25) is 0 Å². The second-order valence-electron chi connectivity index (χ2n) is 5.82. The molecule has 1 atom stereocenters. The lowest BCUT2D eigenvalue weighted by atomic mass is 10.0. The fourth-order valence-electron chi connectivity index (χ4n) is 3.14. The van der Waals surface area contributed by atoms with E-state index in [1.54, 1.807) is 10.6 Å². The number of fused-ring (bicyclic) bond motifs is 1. The minimum atomic E-state index is -0.366. The number of halogens is 1. The summed E-state index contributed by atoms with van der Waals surface area (Å²) in [6.07, 6.45) is 2.03. The van der Waals surface area contributed by atoms with Crippen LogP contribution in [0.5, 0.6) is 0 Å². The molecule has 2 heterocycles. The maximum atomic E-state index is 13.8. The Morgan fingerprint density at radius 2 is 2.20 bits per heavy atom. The molecule has 0 saturated carbocycles. The fourth-order valence-corrected chi connectivity index (χ4v) is 3.14. The van der Waals surface area contributed by atoms with Crippen molar-refractivity contribution in [1.29, 1.82) is 0 Å². The predicted octanol–water partition coefficient (Wildman–Crippen LogP) is 2.51. The van der Waals surface area contributed by atoms with Gasteiger partial charge < -0.3 is 4.98 Å². The third-order valence-corrected chi connectivity index (χ3v) is 4.23. The standard InChI is InChI=1S/C15H20FN3O/c1-10(2)18-8-4-5-11(9-18)19-13-7-3-6-12(16)14(13)17-15(19)20/h3,6-7,10-11H,4-5,8-9H2,1-2H3,(H,17,20). The van der Waals surface area contributed by atoms with Crippen LogP contribution in [0.15, 0.2) is 23.0 Å². The van der Waals surface area contributed by atoms with Crippen LogP contribution in [0.4, 0.5) is 4.39 Å². The van der Waals surface area contributed by atoms with Crippen molar-refractivity contribution >= 4 is 11.0 Å². The number of rotatable bonds is 2. The van der Waals surface area contributed by atoms with Crippen LogP contribution in [0.3, 0.4) is 0 Å². The molecule has 20 heavy (non-hydrogen) atoms. The van der Waals surface area contributed by atoms with E-state index in [1.807, 2.05) is 6.07 Å². The predicted molar refractivity (Wildman–Crippen MR) is 77.5 cm³/mol. The van der Waals surface area contributed by atoms with Crippen molar-refractivity contribution < 1.29 is 4.39 Å². The third kappa shape index (κ3) is 2.16. The molecule has 0 spiro atoms. The van der Waals surface area contributed by atoms with Gasteiger partial charge in [0, 0.05) is 12.6 Å². The van der Waals surface area contributed by atoms with Crippen LogP contribution >= 0.6 is 0 Å². The minimum Gasteiger partial charge on any atom is -0.303 e. The van der Waals surface area contributed by atoms with E-state index in [4.69, 9.17) is 0 Å². The number of nitrogens with one attached hydrogen (secondary N) is 1. The van der Waals surface area contributed by atoms with Gasteiger partial charge in [-0.3, -0.25) is 9.47 Å². The molecule has 1 aliphatic rings. The van der Waals surface area contributed by atoms with E-state index in [0.717, 1.165) is 25.9 Å². The first-order chi connectivity index (χ1) is 9.58. The van der Waals surface area contributed by atoms with E-state index in [1.165, 1.54) is 6.07 Å². The first kappa shape index (κ1) is 13.4.